The quantitative estimate of drug-likeness (QED) is 0.769. The number of aliphatic hydroxyl groups is 1. The lowest BCUT2D eigenvalue weighted by atomic mass is 9.71. The van der Waals surface area contributed by atoms with Crippen molar-refractivity contribution in [1.82, 2.24) is 15.1 Å². The predicted octanol–water partition coefficient (Wildman–Crippen LogP) is 0.570. The molecule has 0 aliphatic carbocycles. The predicted molar refractivity (Wildman–Crippen MR) is 88.5 cm³/mol. The molecule has 3 saturated heterocycles. The van der Waals surface area contributed by atoms with Gasteiger partial charge < -0.3 is 20.1 Å². The Bertz CT molecular complexity index is 478. The Balaban J connectivity index is 1.60. The van der Waals surface area contributed by atoms with Crippen molar-refractivity contribution in [3.63, 3.8) is 0 Å². The van der Waals surface area contributed by atoms with Crippen molar-refractivity contribution in [3.8, 4) is 0 Å². The largest absolute Gasteiger partial charge is 0.450 e. The fourth-order valence-corrected chi connectivity index (χ4v) is 4.42. The van der Waals surface area contributed by atoms with E-state index in [4.69, 9.17) is 4.74 Å². The first-order chi connectivity index (χ1) is 11.6. The fraction of sp³-hybridized carbons (Fsp3) is 0.882. The maximum atomic E-state index is 12.5. The second-order valence-corrected chi connectivity index (χ2v) is 7.21. The summed E-state index contributed by atoms with van der Waals surface area (Å²) in [4.78, 5) is 28.4. The molecule has 0 aromatic heterocycles. The molecule has 24 heavy (non-hydrogen) atoms. The maximum Gasteiger partial charge on any atom is 0.409 e. The molecule has 3 rings (SSSR count). The molecule has 7 heteroatoms. The van der Waals surface area contributed by atoms with E-state index in [1.807, 2.05) is 6.92 Å². The van der Waals surface area contributed by atoms with Gasteiger partial charge in [-0.1, -0.05) is 0 Å². The number of hydrogen-bond acceptors (Lipinski definition) is 5. The second-order valence-electron chi connectivity index (χ2n) is 7.21. The van der Waals surface area contributed by atoms with Gasteiger partial charge in [0.15, 0.2) is 0 Å². The van der Waals surface area contributed by atoms with Gasteiger partial charge in [0, 0.05) is 38.8 Å². The van der Waals surface area contributed by atoms with Crippen molar-refractivity contribution >= 4 is 12.0 Å². The summed E-state index contributed by atoms with van der Waals surface area (Å²) in [5, 5.41) is 13.4. The number of nitrogens with one attached hydrogen (secondary N) is 1. The molecule has 3 aliphatic heterocycles. The summed E-state index contributed by atoms with van der Waals surface area (Å²) in [5.41, 5.74) is -0.644. The highest BCUT2D eigenvalue weighted by Crippen LogP contribution is 2.38. The minimum absolute atomic E-state index is 0.00918. The molecule has 0 aromatic rings. The molecule has 0 unspecified atom stereocenters. The van der Waals surface area contributed by atoms with Gasteiger partial charge in [0.25, 0.3) is 0 Å². The molecule has 0 radical (unpaired) electrons. The van der Waals surface area contributed by atoms with Crippen LogP contribution in [0.2, 0.25) is 0 Å². The first-order valence-corrected chi connectivity index (χ1v) is 9.19. The van der Waals surface area contributed by atoms with Gasteiger partial charge in [0.2, 0.25) is 5.91 Å². The van der Waals surface area contributed by atoms with Crippen LogP contribution in [0.25, 0.3) is 0 Å². The number of aliphatic hydroxyl groups excluding tert-OH is 1. The Hall–Kier alpha value is -1.34. The van der Waals surface area contributed by atoms with E-state index in [9.17, 15) is 14.7 Å². The van der Waals surface area contributed by atoms with Crippen molar-refractivity contribution in [2.24, 2.45) is 5.41 Å². The van der Waals surface area contributed by atoms with E-state index in [1.165, 1.54) is 0 Å². The Morgan fingerprint density at radius 2 is 2.08 bits per heavy atom. The fourth-order valence-electron chi connectivity index (χ4n) is 4.42. The third-order valence-corrected chi connectivity index (χ3v) is 5.86. The Labute approximate surface area is 143 Å². The summed E-state index contributed by atoms with van der Waals surface area (Å²) >= 11 is 0. The van der Waals surface area contributed by atoms with Gasteiger partial charge >= 0.3 is 6.09 Å². The normalized spacial score (nSPS) is 32.7. The van der Waals surface area contributed by atoms with Crippen molar-refractivity contribution < 1.29 is 19.4 Å². The number of nitrogens with zero attached hydrogens (tertiary/aromatic N) is 2. The number of hydrogen-bond donors (Lipinski definition) is 2. The Morgan fingerprint density at radius 3 is 2.75 bits per heavy atom. The molecule has 3 aliphatic rings. The summed E-state index contributed by atoms with van der Waals surface area (Å²) in [6.45, 7) is 5.78. The standard InChI is InChI=1S/C17H29N3O4/c1-2-24-16(23)19-9-4-13(5-10-19)20-11-6-14(21)17(12-20)7-3-8-18-15(17)22/h13-14,21H,2-12H2,1H3,(H,18,22)/t14-,17+/m0/s1. The van der Waals surface area contributed by atoms with E-state index in [1.54, 1.807) is 4.90 Å². The van der Waals surface area contributed by atoms with Crippen molar-refractivity contribution in [2.75, 3.05) is 39.3 Å². The highest BCUT2D eigenvalue weighted by atomic mass is 16.6. The number of carbonyl (C=O) groups excluding carboxylic acids is 2. The van der Waals surface area contributed by atoms with Crippen LogP contribution in [-0.2, 0) is 9.53 Å². The molecule has 2 amide bonds. The molecule has 0 saturated carbocycles. The molecule has 2 N–H and O–H groups in total. The molecular formula is C17H29N3O4. The van der Waals surface area contributed by atoms with E-state index in [0.717, 1.165) is 32.2 Å². The number of amides is 2. The van der Waals surface area contributed by atoms with Crippen LogP contribution in [0.4, 0.5) is 4.79 Å². The van der Waals surface area contributed by atoms with E-state index in [-0.39, 0.29) is 12.0 Å². The van der Waals surface area contributed by atoms with Crippen LogP contribution in [0.15, 0.2) is 0 Å². The van der Waals surface area contributed by atoms with Gasteiger partial charge in [-0.15, -0.1) is 0 Å². The highest BCUT2D eigenvalue weighted by Gasteiger charge is 2.50. The minimum Gasteiger partial charge on any atom is -0.450 e. The van der Waals surface area contributed by atoms with Gasteiger partial charge in [0.1, 0.15) is 0 Å². The average molecular weight is 339 g/mol. The molecule has 2 atom stereocenters. The summed E-state index contributed by atoms with van der Waals surface area (Å²) < 4.78 is 5.07. The number of likely N-dealkylation sites (tertiary alicyclic amines) is 2. The van der Waals surface area contributed by atoms with Crippen LogP contribution in [-0.4, -0.2) is 78.4 Å². The van der Waals surface area contributed by atoms with Crippen LogP contribution in [0.5, 0.6) is 0 Å². The SMILES string of the molecule is CCOC(=O)N1CCC(N2CC[C@H](O)[C@@]3(CCCNC3=O)C2)CC1. The monoisotopic (exact) mass is 339 g/mol. The second kappa shape index (κ2) is 7.27. The lowest BCUT2D eigenvalue weighted by Gasteiger charge is -2.50. The summed E-state index contributed by atoms with van der Waals surface area (Å²) in [5.74, 6) is 0.00918. The lowest BCUT2D eigenvalue weighted by molar-refractivity contribution is -0.151. The van der Waals surface area contributed by atoms with Crippen LogP contribution in [0.1, 0.15) is 39.0 Å². The first-order valence-electron chi connectivity index (χ1n) is 9.19. The smallest absolute Gasteiger partial charge is 0.409 e. The number of carbonyl (C=O) groups is 2. The zero-order valence-electron chi connectivity index (χ0n) is 14.5. The average Bonchev–Trinajstić information content (AvgIpc) is 2.60. The molecule has 0 aromatic carbocycles. The number of ether oxygens (including phenoxy) is 1. The van der Waals surface area contributed by atoms with Crippen LogP contribution in [0.3, 0.4) is 0 Å². The van der Waals surface area contributed by atoms with E-state index in [0.29, 0.717) is 45.2 Å². The molecule has 7 nitrogen and oxygen atoms in total. The highest BCUT2D eigenvalue weighted by molar-refractivity contribution is 5.84. The van der Waals surface area contributed by atoms with Gasteiger partial charge in [-0.3, -0.25) is 9.69 Å². The molecule has 1 spiro atoms. The summed E-state index contributed by atoms with van der Waals surface area (Å²) in [7, 11) is 0. The van der Waals surface area contributed by atoms with E-state index >= 15 is 0 Å². The Morgan fingerprint density at radius 1 is 1.33 bits per heavy atom. The van der Waals surface area contributed by atoms with Gasteiger partial charge in [-0.25, -0.2) is 4.79 Å². The molecular weight excluding hydrogens is 310 g/mol. The summed E-state index contributed by atoms with van der Waals surface area (Å²) in [6, 6.07) is 0.370. The van der Waals surface area contributed by atoms with Crippen LogP contribution >= 0.6 is 0 Å². The third-order valence-electron chi connectivity index (χ3n) is 5.86. The molecule has 0 bridgehead atoms. The van der Waals surface area contributed by atoms with Crippen molar-refractivity contribution in [1.29, 1.82) is 0 Å². The van der Waals surface area contributed by atoms with Crippen molar-refractivity contribution in [2.45, 2.75) is 51.2 Å². The third kappa shape index (κ3) is 3.24. The van der Waals surface area contributed by atoms with E-state index < -0.39 is 11.5 Å². The van der Waals surface area contributed by atoms with Crippen LogP contribution in [0, 0.1) is 5.41 Å². The summed E-state index contributed by atoms with van der Waals surface area (Å²) in [6.07, 6.45) is 3.35. The first kappa shape index (κ1) is 17.5. The molecule has 3 heterocycles. The minimum atomic E-state index is -0.644. The van der Waals surface area contributed by atoms with Crippen LogP contribution < -0.4 is 5.32 Å². The van der Waals surface area contributed by atoms with Gasteiger partial charge in [-0.05, 0) is 39.0 Å². The number of rotatable bonds is 2. The van der Waals surface area contributed by atoms with E-state index in [2.05, 4.69) is 10.2 Å². The topological polar surface area (TPSA) is 82.1 Å². The van der Waals surface area contributed by atoms with Gasteiger partial charge in [-0.2, -0.15) is 0 Å². The van der Waals surface area contributed by atoms with Crippen molar-refractivity contribution in [3.05, 3.63) is 0 Å². The zero-order valence-corrected chi connectivity index (χ0v) is 14.5. The van der Waals surface area contributed by atoms with Gasteiger partial charge in [0.05, 0.1) is 18.1 Å². The molecule has 3 fully saturated rings. The Kier molecular flexibility index (Phi) is 5.30. The number of piperidine rings is 3. The maximum absolute atomic E-state index is 12.5. The zero-order chi connectivity index (χ0) is 17.2. The lowest BCUT2D eigenvalue weighted by Crippen LogP contribution is -2.63. The molecule has 136 valence electrons.